The minimum atomic E-state index is -0.854. The summed E-state index contributed by atoms with van der Waals surface area (Å²) >= 11 is 0. The minimum absolute atomic E-state index is 0.148. The fourth-order valence-electron chi connectivity index (χ4n) is 4.31. The first-order valence-electron chi connectivity index (χ1n) is 19.4. The smallest absolute Gasteiger partial charge is 0.306 e. The molecule has 0 aliphatic heterocycles. The van der Waals surface area contributed by atoms with Gasteiger partial charge in [0.15, 0.2) is 6.10 Å². The Kier molecular flexibility index (Phi) is 37.9. The average Bonchev–Trinajstić information content (AvgIpc) is 3.15. The van der Waals surface area contributed by atoms with Crippen LogP contribution in [-0.4, -0.2) is 36.4 Å². The Morgan fingerprint density at radius 1 is 0.423 bits per heavy atom. The molecule has 0 spiro atoms. The summed E-state index contributed by atoms with van der Waals surface area (Å²) in [7, 11) is 0. The van der Waals surface area contributed by atoms with E-state index in [0.717, 1.165) is 77.0 Å². The summed E-state index contributed by atoms with van der Waals surface area (Å²) in [6, 6.07) is 0. The van der Waals surface area contributed by atoms with Gasteiger partial charge in [-0.2, -0.15) is 0 Å². The standard InChI is InChI=1S/C47H68O5/c1-3-5-7-9-11-13-15-17-19-21-23-25-27-29-31-33-35-37-39-41-46(49)51-44-45(43-48)52-47(50)42-40-38-36-34-32-30-28-26-24-22-20-18-16-14-12-10-8-6-4-2/h5-8,11-14,17-20,23-26,29-32,35-38,45,48H,3-4,9-10,15-16,21-22,27-28,33-34,39-44H2,1-2H3. The Labute approximate surface area is 317 Å². The third-order valence-electron chi connectivity index (χ3n) is 7.16. The number of ether oxygens (including phenoxy) is 2. The van der Waals surface area contributed by atoms with E-state index in [1.807, 2.05) is 24.3 Å². The molecule has 0 aliphatic rings. The van der Waals surface area contributed by atoms with Crippen LogP contribution in [0.1, 0.15) is 117 Å². The van der Waals surface area contributed by atoms with E-state index in [1.165, 1.54) is 0 Å². The first-order chi connectivity index (χ1) is 25.6. The number of aliphatic hydroxyl groups is 1. The van der Waals surface area contributed by atoms with Crippen LogP contribution >= 0.6 is 0 Å². The normalized spacial score (nSPS) is 13.8. The van der Waals surface area contributed by atoms with Crippen molar-refractivity contribution in [1.82, 2.24) is 0 Å². The molecular weight excluding hydrogens is 645 g/mol. The Morgan fingerprint density at radius 3 is 0.981 bits per heavy atom. The zero-order valence-corrected chi connectivity index (χ0v) is 32.2. The topological polar surface area (TPSA) is 72.8 Å². The highest BCUT2D eigenvalue weighted by atomic mass is 16.6. The molecule has 0 saturated carbocycles. The number of rotatable bonds is 32. The summed E-state index contributed by atoms with van der Waals surface area (Å²) in [4.78, 5) is 24.2. The number of carbonyl (C=O) groups is 2. The highest BCUT2D eigenvalue weighted by Gasteiger charge is 2.15. The molecule has 0 fully saturated rings. The van der Waals surface area contributed by atoms with Gasteiger partial charge in [0.1, 0.15) is 6.61 Å². The molecular formula is C47H68O5. The second-order valence-corrected chi connectivity index (χ2v) is 11.9. The maximum absolute atomic E-state index is 12.1. The number of carbonyl (C=O) groups excluding carboxylic acids is 2. The van der Waals surface area contributed by atoms with E-state index in [2.05, 4.69) is 135 Å². The number of esters is 2. The predicted octanol–water partition coefficient (Wildman–Crippen LogP) is 12.4. The molecule has 1 N–H and O–H groups in total. The lowest BCUT2D eigenvalue weighted by Gasteiger charge is -2.15. The van der Waals surface area contributed by atoms with Crippen molar-refractivity contribution >= 4 is 11.9 Å². The molecule has 0 aliphatic carbocycles. The van der Waals surface area contributed by atoms with E-state index < -0.39 is 18.7 Å². The molecule has 0 amide bonds. The van der Waals surface area contributed by atoms with E-state index in [-0.39, 0.29) is 25.4 Å². The monoisotopic (exact) mass is 713 g/mol. The fourth-order valence-corrected chi connectivity index (χ4v) is 4.31. The quantitative estimate of drug-likeness (QED) is 0.0555. The SMILES string of the molecule is CCC=CCC=CCC=CCC=CCC=CCC=CCCC(=O)OCC(CO)OC(=O)CCC=CCC=CCC=CCC=CCC=CCC=CCC. The van der Waals surface area contributed by atoms with Gasteiger partial charge in [-0.1, -0.05) is 160 Å². The lowest BCUT2D eigenvalue weighted by molar-refractivity contribution is -0.161. The Hall–Kier alpha value is -4.22. The van der Waals surface area contributed by atoms with Crippen LogP contribution in [0.25, 0.3) is 0 Å². The van der Waals surface area contributed by atoms with Crippen LogP contribution in [0, 0.1) is 0 Å². The van der Waals surface area contributed by atoms with Crippen molar-refractivity contribution in [1.29, 1.82) is 0 Å². The van der Waals surface area contributed by atoms with Crippen LogP contribution in [0.2, 0.25) is 0 Å². The van der Waals surface area contributed by atoms with E-state index in [9.17, 15) is 14.7 Å². The molecule has 0 rings (SSSR count). The molecule has 0 heterocycles. The van der Waals surface area contributed by atoms with Crippen LogP contribution < -0.4 is 0 Å². The molecule has 1 atom stereocenters. The number of hydrogen-bond acceptors (Lipinski definition) is 5. The van der Waals surface area contributed by atoms with E-state index >= 15 is 0 Å². The zero-order chi connectivity index (χ0) is 37.8. The lowest BCUT2D eigenvalue weighted by atomic mass is 10.2. The zero-order valence-electron chi connectivity index (χ0n) is 32.2. The minimum Gasteiger partial charge on any atom is -0.462 e. The number of hydrogen-bond donors (Lipinski definition) is 1. The van der Waals surface area contributed by atoms with Crippen LogP contribution in [-0.2, 0) is 19.1 Å². The van der Waals surface area contributed by atoms with Gasteiger partial charge in [-0.3, -0.25) is 9.59 Å². The molecule has 0 saturated heterocycles. The van der Waals surface area contributed by atoms with Crippen molar-refractivity contribution in [3.63, 3.8) is 0 Å². The molecule has 5 heteroatoms. The first-order valence-corrected chi connectivity index (χ1v) is 19.4. The first kappa shape index (κ1) is 47.8. The molecule has 1 unspecified atom stereocenters. The van der Waals surface area contributed by atoms with Gasteiger partial charge >= 0.3 is 11.9 Å². The van der Waals surface area contributed by atoms with Gasteiger partial charge in [-0.25, -0.2) is 0 Å². The molecule has 286 valence electrons. The Bertz CT molecular complexity index is 1220. The summed E-state index contributed by atoms with van der Waals surface area (Å²) < 4.78 is 10.5. The molecule has 52 heavy (non-hydrogen) atoms. The molecule has 0 bridgehead atoms. The average molecular weight is 713 g/mol. The van der Waals surface area contributed by atoms with Gasteiger partial charge in [0.2, 0.25) is 0 Å². The third-order valence-corrected chi connectivity index (χ3v) is 7.16. The van der Waals surface area contributed by atoms with Gasteiger partial charge in [0, 0.05) is 12.8 Å². The van der Waals surface area contributed by atoms with E-state index in [1.54, 1.807) is 0 Å². The van der Waals surface area contributed by atoms with Crippen molar-refractivity contribution in [2.75, 3.05) is 13.2 Å². The van der Waals surface area contributed by atoms with Gasteiger partial charge < -0.3 is 14.6 Å². The molecule has 0 aromatic carbocycles. The van der Waals surface area contributed by atoms with Gasteiger partial charge in [0.25, 0.3) is 0 Å². The Morgan fingerprint density at radius 2 is 0.692 bits per heavy atom. The molecule has 0 radical (unpaired) electrons. The summed E-state index contributed by atoms with van der Waals surface area (Å²) in [5.41, 5.74) is 0. The molecule has 0 aromatic rings. The lowest BCUT2D eigenvalue weighted by Crippen LogP contribution is -2.28. The number of aliphatic hydroxyl groups excluding tert-OH is 1. The third kappa shape index (κ3) is 38.6. The molecule has 5 nitrogen and oxygen atoms in total. The van der Waals surface area contributed by atoms with Crippen molar-refractivity contribution < 1.29 is 24.2 Å². The van der Waals surface area contributed by atoms with Gasteiger partial charge in [-0.15, -0.1) is 0 Å². The van der Waals surface area contributed by atoms with Crippen molar-refractivity contribution in [3.05, 3.63) is 146 Å². The summed E-state index contributed by atoms with van der Waals surface area (Å²) in [5.74, 6) is -0.806. The van der Waals surface area contributed by atoms with Crippen LogP contribution in [0.4, 0.5) is 0 Å². The van der Waals surface area contributed by atoms with E-state index in [0.29, 0.717) is 12.8 Å². The predicted molar refractivity (Wildman–Crippen MR) is 223 cm³/mol. The summed E-state index contributed by atoms with van der Waals surface area (Å²) in [6.45, 7) is 3.74. The van der Waals surface area contributed by atoms with Crippen LogP contribution in [0.3, 0.4) is 0 Å². The Balaban J connectivity index is 3.88. The molecule has 0 aromatic heterocycles. The fraction of sp³-hybridized carbons (Fsp3) is 0.447. The largest absolute Gasteiger partial charge is 0.462 e. The highest BCUT2D eigenvalue weighted by molar-refractivity contribution is 5.70. The second kappa shape index (κ2) is 41.2. The van der Waals surface area contributed by atoms with Gasteiger partial charge in [-0.05, 0) is 89.9 Å². The number of allylic oxidation sites excluding steroid dienone is 24. The maximum atomic E-state index is 12.1. The van der Waals surface area contributed by atoms with Crippen molar-refractivity contribution in [2.45, 2.75) is 123 Å². The summed E-state index contributed by atoms with van der Waals surface area (Å²) in [6.07, 6.45) is 63.5. The summed E-state index contributed by atoms with van der Waals surface area (Å²) in [5, 5.41) is 9.54. The van der Waals surface area contributed by atoms with Crippen molar-refractivity contribution in [3.8, 4) is 0 Å². The van der Waals surface area contributed by atoms with Crippen LogP contribution in [0.15, 0.2) is 146 Å². The highest BCUT2D eigenvalue weighted by Crippen LogP contribution is 2.04. The van der Waals surface area contributed by atoms with Gasteiger partial charge in [0.05, 0.1) is 6.61 Å². The van der Waals surface area contributed by atoms with E-state index in [4.69, 9.17) is 9.47 Å². The maximum Gasteiger partial charge on any atom is 0.306 e. The second-order valence-electron chi connectivity index (χ2n) is 11.9. The van der Waals surface area contributed by atoms with Crippen molar-refractivity contribution in [2.24, 2.45) is 0 Å². The van der Waals surface area contributed by atoms with Crippen LogP contribution in [0.5, 0.6) is 0 Å².